The predicted octanol–water partition coefficient (Wildman–Crippen LogP) is 5.50. The predicted molar refractivity (Wildman–Crippen MR) is 103 cm³/mol. The zero-order valence-electron chi connectivity index (χ0n) is 15.2. The SMILES string of the molecule is Cc1ccc(NC(=O)Oc2ccc(F)cc2)cc1NC(=O)Oc1ccc(F)cc1. The molecule has 0 radical (unpaired) electrons. The van der Waals surface area contributed by atoms with Crippen molar-refractivity contribution in [3.05, 3.63) is 83.9 Å². The lowest BCUT2D eigenvalue weighted by Crippen LogP contribution is -2.19. The number of hydrogen-bond donors (Lipinski definition) is 2. The van der Waals surface area contributed by atoms with Crippen LogP contribution in [0.25, 0.3) is 0 Å². The molecule has 6 nitrogen and oxygen atoms in total. The van der Waals surface area contributed by atoms with Crippen LogP contribution in [0.4, 0.5) is 29.7 Å². The second kappa shape index (κ2) is 8.83. The van der Waals surface area contributed by atoms with Gasteiger partial charge in [0.25, 0.3) is 0 Å². The molecule has 2 amide bonds. The van der Waals surface area contributed by atoms with Gasteiger partial charge in [0.05, 0.1) is 0 Å². The maximum Gasteiger partial charge on any atom is 0.417 e. The van der Waals surface area contributed by atoms with E-state index < -0.39 is 23.8 Å². The number of anilines is 2. The van der Waals surface area contributed by atoms with Gasteiger partial charge in [-0.25, -0.2) is 18.4 Å². The molecule has 0 heterocycles. The number of halogens is 2. The Hall–Kier alpha value is -3.94. The highest BCUT2D eigenvalue weighted by atomic mass is 19.1. The van der Waals surface area contributed by atoms with Crippen LogP contribution < -0.4 is 20.1 Å². The quantitative estimate of drug-likeness (QED) is 0.609. The zero-order valence-corrected chi connectivity index (χ0v) is 15.2. The van der Waals surface area contributed by atoms with Crippen LogP contribution in [-0.2, 0) is 0 Å². The van der Waals surface area contributed by atoms with Crippen LogP contribution in [0.15, 0.2) is 66.7 Å². The molecule has 0 spiro atoms. The summed E-state index contributed by atoms with van der Waals surface area (Å²) in [5, 5.41) is 5.07. The van der Waals surface area contributed by atoms with Crippen molar-refractivity contribution >= 4 is 23.6 Å². The van der Waals surface area contributed by atoms with E-state index >= 15 is 0 Å². The lowest BCUT2D eigenvalue weighted by Gasteiger charge is -2.12. The summed E-state index contributed by atoms with van der Waals surface area (Å²) in [6.07, 6.45) is -1.55. The Morgan fingerprint density at radius 3 is 1.72 bits per heavy atom. The second-order valence-electron chi connectivity index (χ2n) is 5.97. The lowest BCUT2D eigenvalue weighted by atomic mass is 10.2. The first kappa shape index (κ1) is 19.8. The number of ether oxygens (including phenoxy) is 2. The van der Waals surface area contributed by atoms with E-state index in [4.69, 9.17) is 9.47 Å². The molecule has 0 unspecified atom stereocenters. The smallest absolute Gasteiger partial charge is 0.410 e. The summed E-state index contributed by atoms with van der Waals surface area (Å²) < 4.78 is 35.9. The number of carbonyl (C=O) groups excluding carboxylic acids is 2. The topological polar surface area (TPSA) is 76.7 Å². The van der Waals surface area contributed by atoms with Crippen LogP contribution in [0.2, 0.25) is 0 Å². The Balaban J connectivity index is 1.62. The molecule has 0 atom stereocenters. The molecule has 0 aliphatic rings. The average molecular weight is 398 g/mol. The van der Waals surface area contributed by atoms with E-state index in [2.05, 4.69) is 10.6 Å². The Morgan fingerprint density at radius 1 is 0.724 bits per heavy atom. The third-order valence-electron chi connectivity index (χ3n) is 3.77. The van der Waals surface area contributed by atoms with Crippen molar-refractivity contribution in [3.8, 4) is 11.5 Å². The Labute approximate surface area is 165 Å². The van der Waals surface area contributed by atoms with E-state index in [1.165, 1.54) is 54.6 Å². The molecular weight excluding hydrogens is 382 g/mol. The van der Waals surface area contributed by atoms with E-state index in [1.807, 2.05) is 0 Å². The third kappa shape index (κ3) is 5.77. The van der Waals surface area contributed by atoms with Crippen LogP contribution in [0, 0.1) is 18.6 Å². The van der Waals surface area contributed by atoms with Crippen LogP contribution in [0.1, 0.15) is 5.56 Å². The van der Waals surface area contributed by atoms with E-state index in [1.54, 1.807) is 19.1 Å². The van der Waals surface area contributed by atoms with Crippen molar-refractivity contribution in [2.24, 2.45) is 0 Å². The summed E-state index contributed by atoms with van der Waals surface area (Å²) in [5.74, 6) is -0.532. The molecule has 3 aromatic carbocycles. The average Bonchev–Trinajstić information content (AvgIpc) is 2.68. The summed E-state index contributed by atoms with van der Waals surface area (Å²) in [4.78, 5) is 24.0. The summed E-state index contributed by atoms with van der Waals surface area (Å²) >= 11 is 0. The Morgan fingerprint density at radius 2 is 1.21 bits per heavy atom. The van der Waals surface area contributed by atoms with Crippen LogP contribution in [-0.4, -0.2) is 12.2 Å². The number of rotatable bonds is 4. The number of hydrogen-bond acceptors (Lipinski definition) is 4. The van der Waals surface area contributed by atoms with E-state index in [-0.39, 0.29) is 11.5 Å². The van der Waals surface area contributed by atoms with Crippen LogP contribution in [0.5, 0.6) is 11.5 Å². The summed E-state index contributed by atoms with van der Waals surface area (Å²) in [6, 6.07) is 14.8. The lowest BCUT2D eigenvalue weighted by molar-refractivity contribution is 0.214. The fourth-order valence-electron chi connectivity index (χ4n) is 2.33. The fraction of sp³-hybridized carbons (Fsp3) is 0.0476. The molecule has 0 saturated carbocycles. The summed E-state index contributed by atoms with van der Waals surface area (Å²) in [6.45, 7) is 1.76. The van der Waals surface area contributed by atoms with Gasteiger partial charge in [0, 0.05) is 11.4 Å². The largest absolute Gasteiger partial charge is 0.417 e. The monoisotopic (exact) mass is 398 g/mol. The minimum atomic E-state index is -0.778. The normalized spacial score (nSPS) is 10.2. The molecule has 0 aliphatic carbocycles. The van der Waals surface area contributed by atoms with E-state index in [9.17, 15) is 18.4 Å². The summed E-state index contributed by atoms with van der Waals surface area (Å²) in [5.41, 5.74) is 1.48. The molecule has 2 N–H and O–H groups in total. The van der Waals surface area contributed by atoms with Gasteiger partial charge >= 0.3 is 12.2 Å². The van der Waals surface area contributed by atoms with Crippen molar-refractivity contribution in [2.45, 2.75) is 6.92 Å². The van der Waals surface area contributed by atoms with Gasteiger partial charge in [0.15, 0.2) is 0 Å². The standard InChI is InChI=1S/C21H16F2N2O4/c1-13-2-7-16(24-20(26)28-17-8-3-14(22)4-9-17)12-19(13)25-21(27)29-18-10-5-15(23)6-11-18/h2-12H,1H3,(H,24,26)(H,25,27). The first-order valence-corrected chi connectivity index (χ1v) is 8.48. The van der Waals surface area contributed by atoms with Gasteiger partial charge in [-0.05, 0) is 73.2 Å². The molecule has 148 valence electrons. The van der Waals surface area contributed by atoms with Crippen molar-refractivity contribution in [2.75, 3.05) is 10.6 Å². The van der Waals surface area contributed by atoms with Gasteiger partial charge in [-0.2, -0.15) is 0 Å². The van der Waals surface area contributed by atoms with Gasteiger partial charge in [0.1, 0.15) is 23.1 Å². The fourth-order valence-corrected chi connectivity index (χ4v) is 2.33. The molecule has 29 heavy (non-hydrogen) atoms. The van der Waals surface area contributed by atoms with Crippen molar-refractivity contribution < 1.29 is 27.8 Å². The Bertz CT molecular complexity index is 1020. The van der Waals surface area contributed by atoms with E-state index in [0.717, 1.165) is 5.56 Å². The molecule has 3 aromatic rings. The number of aryl methyl sites for hydroxylation is 1. The molecule has 0 fully saturated rings. The van der Waals surface area contributed by atoms with E-state index in [0.29, 0.717) is 11.4 Å². The molecule has 0 saturated heterocycles. The maximum atomic E-state index is 12.9. The highest BCUT2D eigenvalue weighted by Crippen LogP contribution is 2.22. The summed E-state index contributed by atoms with van der Waals surface area (Å²) in [7, 11) is 0. The molecule has 3 rings (SSSR count). The molecule has 0 aliphatic heterocycles. The van der Waals surface area contributed by atoms with Crippen molar-refractivity contribution in [1.29, 1.82) is 0 Å². The number of benzene rings is 3. The number of amides is 2. The third-order valence-corrected chi connectivity index (χ3v) is 3.77. The maximum absolute atomic E-state index is 12.9. The second-order valence-corrected chi connectivity index (χ2v) is 5.97. The highest BCUT2D eigenvalue weighted by molar-refractivity contribution is 5.91. The minimum Gasteiger partial charge on any atom is -0.410 e. The van der Waals surface area contributed by atoms with Gasteiger partial charge in [-0.15, -0.1) is 0 Å². The number of nitrogens with one attached hydrogen (secondary N) is 2. The van der Waals surface area contributed by atoms with Gasteiger partial charge in [0.2, 0.25) is 0 Å². The molecule has 0 bridgehead atoms. The Kier molecular flexibility index (Phi) is 6.03. The zero-order chi connectivity index (χ0) is 20.8. The van der Waals surface area contributed by atoms with Crippen LogP contribution >= 0.6 is 0 Å². The van der Waals surface area contributed by atoms with Crippen molar-refractivity contribution in [1.82, 2.24) is 0 Å². The van der Waals surface area contributed by atoms with Gasteiger partial charge in [-0.3, -0.25) is 10.6 Å². The molecule has 8 heteroatoms. The molecule has 0 aromatic heterocycles. The first-order valence-electron chi connectivity index (χ1n) is 8.48. The molecular formula is C21H16F2N2O4. The van der Waals surface area contributed by atoms with Crippen molar-refractivity contribution in [3.63, 3.8) is 0 Å². The van der Waals surface area contributed by atoms with Crippen LogP contribution in [0.3, 0.4) is 0 Å². The van der Waals surface area contributed by atoms with Gasteiger partial charge in [-0.1, -0.05) is 6.07 Å². The minimum absolute atomic E-state index is 0.178. The number of carbonyl (C=O) groups is 2. The first-order chi connectivity index (χ1) is 13.9. The highest BCUT2D eigenvalue weighted by Gasteiger charge is 2.11. The van der Waals surface area contributed by atoms with Gasteiger partial charge < -0.3 is 9.47 Å².